The van der Waals surface area contributed by atoms with Gasteiger partial charge in [-0.15, -0.1) is 0 Å². The van der Waals surface area contributed by atoms with Crippen molar-refractivity contribution in [1.29, 1.82) is 0 Å². The van der Waals surface area contributed by atoms with Crippen LogP contribution in [0.1, 0.15) is 19.4 Å². The molecule has 0 aliphatic heterocycles. The van der Waals surface area contributed by atoms with Gasteiger partial charge in [-0.3, -0.25) is 9.36 Å². The third-order valence-electron chi connectivity index (χ3n) is 4.11. The number of fused-ring (bicyclic) bond motifs is 1. The Balaban J connectivity index is 1.63. The Morgan fingerprint density at radius 2 is 1.71 bits per heavy atom. The van der Waals surface area contributed by atoms with Gasteiger partial charge in [0.05, 0.1) is 18.5 Å². The number of aromatic nitrogens is 1. The first-order chi connectivity index (χ1) is 13.5. The lowest BCUT2D eigenvalue weighted by Gasteiger charge is -2.08. The lowest BCUT2D eigenvalue weighted by molar-refractivity contribution is -0.142. The van der Waals surface area contributed by atoms with Gasteiger partial charge in [-0.1, -0.05) is 12.1 Å². The highest BCUT2D eigenvalue weighted by molar-refractivity contribution is 6.00. The van der Waals surface area contributed by atoms with Crippen molar-refractivity contribution in [3.63, 3.8) is 0 Å². The number of hydrogen-bond donors (Lipinski definition) is 2. The standard InChI is InChI=1S/C20H21N3O5/c1-3-23-16-10-9-15(12-17(16)28-20(23)26)22-19(25)21-14-7-5-13(6-8-14)11-18(24)27-4-2/h5-10,12H,3-4,11H2,1-2H3,(H2,21,22,25). The van der Waals surface area contributed by atoms with E-state index in [1.54, 1.807) is 49.4 Å². The zero-order valence-corrected chi connectivity index (χ0v) is 15.7. The maximum absolute atomic E-state index is 12.2. The SMILES string of the molecule is CCOC(=O)Cc1ccc(NC(=O)Nc2ccc3c(c2)oc(=O)n3CC)cc1. The van der Waals surface area contributed by atoms with Crippen molar-refractivity contribution in [2.75, 3.05) is 17.2 Å². The molecule has 3 rings (SSSR count). The van der Waals surface area contributed by atoms with Crippen molar-refractivity contribution in [3.8, 4) is 0 Å². The molecule has 2 amide bonds. The van der Waals surface area contributed by atoms with E-state index in [1.807, 2.05) is 6.92 Å². The summed E-state index contributed by atoms with van der Waals surface area (Å²) in [5, 5.41) is 5.41. The highest BCUT2D eigenvalue weighted by Crippen LogP contribution is 2.19. The Morgan fingerprint density at radius 1 is 1.04 bits per heavy atom. The monoisotopic (exact) mass is 383 g/mol. The van der Waals surface area contributed by atoms with E-state index in [1.165, 1.54) is 4.57 Å². The second-order valence-corrected chi connectivity index (χ2v) is 6.05. The molecule has 0 saturated heterocycles. The lowest BCUT2D eigenvalue weighted by Crippen LogP contribution is -2.19. The first kappa shape index (κ1) is 19.2. The van der Waals surface area contributed by atoms with Crippen LogP contribution < -0.4 is 16.4 Å². The van der Waals surface area contributed by atoms with E-state index in [4.69, 9.17) is 9.15 Å². The fourth-order valence-electron chi connectivity index (χ4n) is 2.82. The Bertz CT molecular complexity index is 1050. The molecule has 0 bridgehead atoms. The van der Waals surface area contributed by atoms with Crippen molar-refractivity contribution in [2.45, 2.75) is 26.8 Å². The van der Waals surface area contributed by atoms with Crippen molar-refractivity contribution in [2.24, 2.45) is 0 Å². The van der Waals surface area contributed by atoms with Crippen LogP contribution in [0, 0.1) is 0 Å². The van der Waals surface area contributed by atoms with Crippen molar-refractivity contribution in [1.82, 2.24) is 4.57 Å². The van der Waals surface area contributed by atoms with Crippen LogP contribution in [0.2, 0.25) is 0 Å². The van der Waals surface area contributed by atoms with Crippen LogP contribution in [0.5, 0.6) is 0 Å². The predicted octanol–water partition coefficient (Wildman–Crippen LogP) is 3.36. The number of rotatable bonds is 6. The highest BCUT2D eigenvalue weighted by atomic mass is 16.5. The average molecular weight is 383 g/mol. The van der Waals surface area contributed by atoms with E-state index in [0.717, 1.165) is 5.56 Å². The summed E-state index contributed by atoms with van der Waals surface area (Å²) in [6.45, 7) is 4.46. The Morgan fingerprint density at radius 3 is 2.39 bits per heavy atom. The van der Waals surface area contributed by atoms with Gasteiger partial charge in [-0.25, -0.2) is 9.59 Å². The molecule has 3 aromatic rings. The number of amides is 2. The normalized spacial score (nSPS) is 10.6. The van der Waals surface area contributed by atoms with Gasteiger partial charge in [0.25, 0.3) is 0 Å². The number of aryl methyl sites for hydroxylation is 1. The minimum Gasteiger partial charge on any atom is -0.466 e. The minimum atomic E-state index is -0.435. The van der Waals surface area contributed by atoms with E-state index in [2.05, 4.69) is 10.6 Å². The van der Waals surface area contributed by atoms with Crippen LogP contribution in [0.25, 0.3) is 11.1 Å². The van der Waals surface area contributed by atoms with E-state index < -0.39 is 11.8 Å². The molecule has 8 nitrogen and oxygen atoms in total. The number of hydrogen-bond acceptors (Lipinski definition) is 5. The number of carbonyl (C=O) groups is 2. The molecule has 0 aliphatic carbocycles. The summed E-state index contributed by atoms with van der Waals surface area (Å²) >= 11 is 0. The molecule has 1 aromatic heterocycles. The minimum absolute atomic E-state index is 0.183. The highest BCUT2D eigenvalue weighted by Gasteiger charge is 2.10. The molecule has 0 fully saturated rings. The first-order valence-corrected chi connectivity index (χ1v) is 8.96. The quantitative estimate of drug-likeness (QED) is 0.636. The average Bonchev–Trinajstić information content (AvgIpc) is 2.97. The molecule has 0 unspecified atom stereocenters. The topological polar surface area (TPSA) is 103 Å². The maximum Gasteiger partial charge on any atom is 0.419 e. The van der Waals surface area contributed by atoms with Crippen molar-refractivity contribution < 1.29 is 18.7 Å². The predicted molar refractivity (Wildman–Crippen MR) is 106 cm³/mol. The zero-order valence-electron chi connectivity index (χ0n) is 15.7. The van der Waals surface area contributed by atoms with E-state index in [0.29, 0.717) is 35.6 Å². The number of oxazole rings is 1. The number of nitrogens with zero attached hydrogens (tertiary/aromatic N) is 1. The Labute approximate surface area is 161 Å². The lowest BCUT2D eigenvalue weighted by atomic mass is 10.1. The Kier molecular flexibility index (Phi) is 5.78. The first-order valence-electron chi connectivity index (χ1n) is 8.96. The molecular formula is C20H21N3O5. The summed E-state index contributed by atoms with van der Waals surface area (Å²) in [5.41, 5.74) is 2.96. The van der Waals surface area contributed by atoms with Gasteiger partial charge in [0.2, 0.25) is 0 Å². The van der Waals surface area contributed by atoms with Crippen molar-refractivity contribution in [3.05, 3.63) is 58.6 Å². The number of nitrogens with one attached hydrogen (secondary N) is 2. The second-order valence-electron chi connectivity index (χ2n) is 6.05. The summed E-state index contributed by atoms with van der Waals surface area (Å²) in [5.74, 6) is -0.720. The molecule has 1 heterocycles. The molecule has 0 spiro atoms. The van der Waals surface area contributed by atoms with Crippen LogP contribution >= 0.6 is 0 Å². The number of urea groups is 1. The third kappa shape index (κ3) is 4.40. The Hall–Kier alpha value is -3.55. The fourth-order valence-corrected chi connectivity index (χ4v) is 2.82. The van der Waals surface area contributed by atoms with Gasteiger partial charge in [0.15, 0.2) is 5.58 Å². The molecule has 0 aliphatic rings. The number of ether oxygens (including phenoxy) is 1. The number of esters is 1. The molecular weight excluding hydrogens is 362 g/mol. The summed E-state index contributed by atoms with van der Waals surface area (Å²) in [4.78, 5) is 35.4. The smallest absolute Gasteiger partial charge is 0.419 e. The molecule has 2 N–H and O–H groups in total. The molecule has 0 saturated carbocycles. The van der Waals surface area contributed by atoms with E-state index in [9.17, 15) is 14.4 Å². The molecule has 0 atom stereocenters. The maximum atomic E-state index is 12.2. The number of carbonyl (C=O) groups excluding carboxylic acids is 2. The number of anilines is 2. The second kappa shape index (κ2) is 8.43. The molecule has 8 heteroatoms. The summed E-state index contributed by atoms with van der Waals surface area (Å²) in [6, 6.07) is 11.5. The van der Waals surface area contributed by atoms with Crippen LogP contribution in [0.3, 0.4) is 0 Å². The van der Waals surface area contributed by atoms with E-state index in [-0.39, 0.29) is 12.4 Å². The van der Waals surface area contributed by atoms with Gasteiger partial charge >= 0.3 is 17.8 Å². The number of benzene rings is 2. The van der Waals surface area contributed by atoms with Crippen LogP contribution in [0.4, 0.5) is 16.2 Å². The fraction of sp³-hybridized carbons (Fsp3) is 0.250. The van der Waals surface area contributed by atoms with Gasteiger partial charge < -0.3 is 19.8 Å². The van der Waals surface area contributed by atoms with Gasteiger partial charge in [0.1, 0.15) is 0 Å². The van der Waals surface area contributed by atoms with Crippen LogP contribution in [-0.4, -0.2) is 23.2 Å². The zero-order chi connectivity index (χ0) is 20.1. The largest absolute Gasteiger partial charge is 0.466 e. The summed E-state index contributed by atoms with van der Waals surface area (Å²) < 4.78 is 11.6. The molecule has 0 radical (unpaired) electrons. The summed E-state index contributed by atoms with van der Waals surface area (Å²) in [6.07, 6.45) is 0.183. The molecule has 28 heavy (non-hydrogen) atoms. The molecule has 2 aromatic carbocycles. The molecule has 146 valence electrons. The summed E-state index contributed by atoms with van der Waals surface area (Å²) in [7, 11) is 0. The third-order valence-corrected chi connectivity index (χ3v) is 4.11. The van der Waals surface area contributed by atoms with Crippen molar-refractivity contribution >= 4 is 34.5 Å². The van der Waals surface area contributed by atoms with Gasteiger partial charge in [-0.05, 0) is 43.7 Å². The van der Waals surface area contributed by atoms with Crippen LogP contribution in [0.15, 0.2) is 51.7 Å². The van der Waals surface area contributed by atoms with Crippen LogP contribution in [-0.2, 0) is 22.5 Å². The van der Waals surface area contributed by atoms with Gasteiger partial charge in [-0.2, -0.15) is 0 Å². The van der Waals surface area contributed by atoms with Gasteiger partial charge in [0, 0.05) is 24.0 Å². The van der Waals surface area contributed by atoms with E-state index >= 15 is 0 Å².